The summed E-state index contributed by atoms with van der Waals surface area (Å²) in [6.07, 6.45) is -0.358. The first kappa shape index (κ1) is 11.5. The van der Waals surface area contributed by atoms with Crippen LogP contribution >= 0.6 is 11.6 Å². The van der Waals surface area contributed by atoms with Crippen LogP contribution in [-0.4, -0.2) is 35.7 Å². The minimum absolute atomic E-state index is 0.244. The second-order valence-electron chi connectivity index (χ2n) is 4.29. The third kappa shape index (κ3) is 1.51. The molecule has 6 heteroatoms. The Morgan fingerprint density at radius 1 is 1.28 bits per heavy atom. The van der Waals surface area contributed by atoms with E-state index in [0.29, 0.717) is 10.7 Å². The minimum atomic E-state index is -0.497. The van der Waals surface area contributed by atoms with E-state index in [2.05, 4.69) is 0 Å². The molecule has 0 N–H and O–H groups in total. The molecule has 0 radical (unpaired) electrons. The molecule has 2 saturated heterocycles. The van der Waals surface area contributed by atoms with E-state index < -0.39 is 6.04 Å². The number of ether oxygens (including phenoxy) is 1. The Bertz CT molecular complexity index is 517. The molecule has 2 fully saturated rings. The number of rotatable bonds is 1. The largest absolute Gasteiger partial charge is 0.356 e. The van der Waals surface area contributed by atoms with Gasteiger partial charge in [0, 0.05) is 5.02 Å². The van der Waals surface area contributed by atoms with Gasteiger partial charge in [0.05, 0.1) is 12.3 Å². The summed E-state index contributed by atoms with van der Waals surface area (Å²) >= 11 is 5.79. The zero-order valence-electron chi connectivity index (χ0n) is 9.67. The highest BCUT2D eigenvalue weighted by atomic mass is 35.5. The van der Waals surface area contributed by atoms with E-state index in [4.69, 9.17) is 16.3 Å². The summed E-state index contributed by atoms with van der Waals surface area (Å²) in [7, 11) is 0. The van der Waals surface area contributed by atoms with E-state index in [1.165, 1.54) is 9.80 Å². The second kappa shape index (κ2) is 3.96. The van der Waals surface area contributed by atoms with Crippen molar-refractivity contribution in [1.82, 2.24) is 4.90 Å². The normalized spacial score (nSPS) is 27.0. The first-order chi connectivity index (χ1) is 8.59. The molecule has 0 saturated carbocycles. The molecule has 2 aliphatic heterocycles. The fraction of sp³-hybridized carbons (Fsp3) is 0.333. The first-order valence-electron chi connectivity index (χ1n) is 5.63. The molecule has 1 unspecified atom stereocenters. The number of carbonyl (C=O) groups excluding carboxylic acids is 2. The van der Waals surface area contributed by atoms with Crippen LogP contribution in [0.2, 0.25) is 5.02 Å². The predicted octanol–water partition coefficient (Wildman–Crippen LogP) is 1.85. The Morgan fingerprint density at radius 3 is 2.56 bits per heavy atom. The number of benzene rings is 1. The topological polar surface area (TPSA) is 49.9 Å². The Balaban J connectivity index is 1.97. The smallest absolute Gasteiger partial charge is 0.334 e. The number of hydrogen-bond acceptors (Lipinski definition) is 3. The fourth-order valence-corrected chi connectivity index (χ4v) is 2.44. The van der Waals surface area contributed by atoms with Crippen LogP contribution in [0.15, 0.2) is 24.3 Å². The van der Waals surface area contributed by atoms with Gasteiger partial charge in [0.2, 0.25) is 0 Å². The summed E-state index contributed by atoms with van der Waals surface area (Å²) in [5.41, 5.74) is 0.538. The van der Waals surface area contributed by atoms with Crippen LogP contribution in [-0.2, 0) is 9.53 Å². The molecule has 18 heavy (non-hydrogen) atoms. The van der Waals surface area contributed by atoms with Crippen molar-refractivity contribution >= 4 is 29.2 Å². The van der Waals surface area contributed by atoms with E-state index in [0.717, 1.165) is 0 Å². The number of anilines is 1. The van der Waals surface area contributed by atoms with Gasteiger partial charge in [-0.25, -0.2) is 9.69 Å². The Morgan fingerprint density at radius 2 is 1.94 bits per heavy atom. The van der Waals surface area contributed by atoms with Crippen molar-refractivity contribution in [2.45, 2.75) is 19.2 Å². The molecule has 3 amide bonds. The third-order valence-electron chi connectivity index (χ3n) is 3.23. The van der Waals surface area contributed by atoms with E-state index >= 15 is 0 Å². The molecule has 0 spiro atoms. The summed E-state index contributed by atoms with van der Waals surface area (Å²) in [5.74, 6) is -0.244. The number of nitrogens with zero attached hydrogens (tertiary/aromatic N) is 2. The lowest BCUT2D eigenvalue weighted by Crippen LogP contribution is -2.37. The van der Waals surface area contributed by atoms with Gasteiger partial charge in [-0.05, 0) is 31.2 Å². The molecule has 94 valence electrons. The average molecular weight is 267 g/mol. The van der Waals surface area contributed by atoms with Gasteiger partial charge < -0.3 is 4.74 Å². The van der Waals surface area contributed by atoms with Crippen molar-refractivity contribution < 1.29 is 14.3 Å². The van der Waals surface area contributed by atoms with Gasteiger partial charge in [-0.3, -0.25) is 9.69 Å². The zero-order valence-corrected chi connectivity index (χ0v) is 10.4. The Hall–Kier alpha value is -1.59. The van der Waals surface area contributed by atoms with E-state index in [1.54, 1.807) is 31.2 Å². The highest BCUT2D eigenvalue weighted by molar-refractivity contribution is 6.30. The lowest BCUT2D eigenvalue weighted by Gasteiger charge is -2.19. The minimum Gasteiger partial charge on any atom is -0.356 e. The number of halogens is 1. The lowest BCUT2D eigenvalue weighted by atomic mass is 10.2. The molecule has 0 bridgehead atoms. The number of carbonyl (C=O) groups is 2. The van der Waals surface area contributed by atoms with Crippen LogP contribution in [0, 0.1) is 0 Å². The average Bonchev–Trinajstić information content (AvgIpc) is 2.83. The summed E-state index contributed by atoms with van der Waals surface area (Å²) in [4.78, 5) is 27.0. The molecule has 5 nitrogen and oxygen atoms in total. The molecule has 1 aromatic rings. The summed E-state index contributed by atoms with van der Waals surface area (Å²) in [6, 6.07) is 5.79. The molecule has 1 aromatic carbocycles. The third-order valence-corrected chi connectivity index (χ3v) is 3.48. The van der Waals surface area contributed by atoms with Crippen molar-refractivity contribution in [3.05, 3.63) is 29.3 Å². The molecular weight excluding hydrogens is 256 g/mol. The number of imide groups is 1. The van der Waals surface area contributed by atoms with Crippen molar-refractivity contribution in [1.29, 1.82) is 0 Å². The van der Waals surface area contributed by atoms with Crippen LogP contribution in [0.25, 0.3) is 0 Å². The van der Waals surface area contributed by atoms with Crippen LogP contribution < -0.4 is 4.90 Å². The highest BCUT2D eigenvalue weighted by Crippen LogP contribution is 2.31. The maximum absolute atomic E-state index is 12.2. The van der Waals surface area contributed by atoms with Gasteiger partial charge in [0.1, 0.15) is 12.3 Å². The molecule has 0 aliphatic carbocycles. The van der Waals surface area contributed by atoms with Gasteiger partial charge in [-0.15, -0.1) is 0 Å². The number of amides is 3. The summed E-state index contributed by atoms with van der Waals surface area (Å²) < 4.78 is 5.30. The maximum Gasteiger partial charge on any atom is 0.334 e. The van der Waals surface area contributed by atoms with Crippen LogP contribution in [0.3, 0.4) is 0 Å². The predicted molar refractivity (Wildman–Crippen MR) is 65.4 cm³/mol. The quantitative estimate of drug-likeness (QED) is 0.729. The van der Waals surface area contributed by atoms with E-state index in [1.807, 2.05) is 0 Å². The van der Waals surface area contributed by atoms with Crippen molar-refractivity contribution in [3.8, 4) is 0 Å². The maximum atomic E-state index is 12.2. The molecule has 2 heterocycles. The van der Waals surface area contributed by atoms with E-state index in [-0.39, 0.29) is 24.8 Å². The molecule has 2 aliphatic rings. The van der Waals surface area contributed by atoms with Gasteiger partial charge in [-0.1, -0.05) is 11.6 Å². The fourth-order valence-electron chi connectivity index (χ4n) is 2.31. The molecule has 0 aromatic heterocycles. The first-order valence-corrected chi connectivity index (χ1v) is 6.01. The molecule has 3 rings (SSSR count). The van der Waals surface area contributed by atoms with Gasteiger partial charge in [0.15, 0.2) is 0 Å². The van der Waals surface area contributed by atoms with Crippen molar-refractivity contribution in [2.75, 3.05) is 11.5 Å². The summed E-state index contributed by atoms with van der Waals surface area (Å²) in [6.45, 7) is 2.02. The van der Waals surface area contributed by atoms with Gasteiger partial charge in [-0.2, -0.15) is 0 Å². The Kier molecular flexibility index (Phi) is 2.53. The van der Waals surface area contributed by atoms with Gasteiger partial charge >= 0.3 is 6.03 Å². The number of fused-ring (bicyclic) bond motifs is 1. The van der Waals surface area contributed by atoms with Crippen LogP contribution in [0.4, 0.5) is 10.5 Å². The Labute approximate surface area is 109 Å². The SMILES string of the molecule is CC1OC[C@@H]2C(=O)N(c3ccc(Cl)cc3)C(=O)N12. The number of urea groups is 1. The lowest BCUT2D eigenvalue weighted by molar-refractivity contribution is -0.119. The monoisotopic (exact) mass is 266 g/mol. The standard InChI is InChI=1S/C12H11ClN2O3/c1-7-14-10(6-18-7)11(16)15(12(14)17)9-4-2-8(13)3-5-9/h2-5,7,10H,6H2,1H3/t7?,10-/m1/s1. The van der Waals surface area contributed by atoms with E-state index in [9.17, 15) is 9.59 Å². The number of hydrogen-bond donors (Lipinski definition) is 0. The molecular formula is C12H11ClN2O3. The second-order valence-corrected chi connectivity index (χ2v) is 4.72. The summed E-state index contributed by atoms with van der Waals surface area (Å²) in [5, 5.41) is 0.565. The highest BCUT2D eigenvalue weighted by Gasteiger charge is 2.51. The van der Waals surface area contributed by atoms with Gasteiger partial charge in [0.25, 0.3) is 5.91 Å². The van der Waals surface area contributed by atoms with Crippen molar-refractivity contribution in [2.24, 2.45) is 0 Å². The van der Waals surface area contributed by atoms with Crippen LogP contribution in [0.1, 0.15) is 6.92 Å². The molecule has 2 atom stereocenters. The zero-order chi connectivity index (χ0) is 12.9. The van der Waals surface area contributed by atoms with Crippen LogP contribution in [0.5, 0.6) is 0 Å². The van der Waals surface area contributed by atoms with Crippen molar-refractivity contribution in [3.63, 3.8) is 0 Å².